The number of halogens is 1. The number of rotatable bonds is 11. The lowest BCUT2D eigenvalue weighted by Gasteiger charge is -2.20. The number of aliphatic carboxylic acids is 2. The Morgan fingerprint density at radius 1 is 1.16 bits per heavy atom. The number of carbonyl (C=O) groups excluding carboxylic acids is 3. The van der Waals surface area contributed by atoms with Crippen LogP contribution in [0.1, 0.15) is 12.8 Å². The number of amides is 3. The highest BCUT2D eigenvalue weighted by Crippen LogP contribution is 2.26. The molecule has 0 bridgehead atoms. The average molecular weight is 521 g/mol. The third-order valence-electron chi connectivity index (χ3n) is 3.69. The lowest BCUT2D eigenvalue weighted by atomic mass is 10.1. The van der Waals surface area contributed by atoms with E-state index in [1.54, 1.807) is 18.2 Å². The number of thioether (sulfide) groups is 1. The van der Waals surface area contributed by atoms with Crippen LogP contribution in [0.2, 0.25) is 0 Å². The second-order valence-corrected chi connectivity index (χ2v) is 7.88. The molecule has 0 aliphatic heterocycles. The van der Waals surface area contributed by atoms with E-state index in [-0.39, 0.29) is 24.3 Å². The number of hydrogen-bond acceptors (Lipinski definition) is 8. The van der Waals surface area contributed by atoms with Crippen molar-refractivity contribution in [3.05, 3.63) is 28.7 Å². The predicted octanol–water partition coefficient (Wildman–Crippen LogP) is 0.376. The van der Waals surface area contributed by atoms with Crippen LogP contribution in [-0.2, 0) is 19.2 Å². The maximum Gasteiger partial charge on any atom is 0.322 e. The van der Waals surface area contributed by atoms with Crippen LogP contribution in [0.5, 0.6) is 0 Å². The first-order chi connectivity index (χ1) is 14.5. The minimum atomic E-state index is -1.32. The van der Waals surface area contributed by atoms with Crippen LogP contribution in [0.25, 0.3) is 0 Å². The molecule has 0 aromatic heterocycles. The van der Waals surface area contributed by atoms with Gasteiger partial charge in [-0.05, 0) is 34.5 Å². The van der Waals surface area contributed by atoms with E-state index in [1.165, 1.54) is 6.07 Å². The number of nitrogens with one attached hydrogen (secondary N) is 2. The van der Waals surface area contributed by atoms with Crippen LogP contribution in [0, 0.1) is 0 Å². The van der Waals surface area contributed by atoms with Crippen molar-refractivity contribution < 1.29 is 39.4 Å². The van der Waals surface area contributed by atoms with E-state index in [1.807, 2.05) is 0 Å². The van der Waals surface area contributed by atoms with Crippen LogP contribution in [0.15, 0.2) is 28.7 Å². The predicted molar refractivity (Wildman–Crippen MR) is 114 cm³/mol. The summed E-state index contributed by atoms with van der Waals surface area (Å²) >= 11 is 3.69. The van der Waals surface area contributed by atoms with Gasteiger partial charge in [0.15, 0.2) is 0 Å². The average Bonchev–Trinajstić information content (AvgIpc) is 2.72. The smallest absolute Gasteiger partial charge is 0.322 e. The number of nitrogens with zero attached hydrogens (tertiary/aromatic N) is 1. The van der Waals surface area contributed by atoms with Gasteiger partial charge in [-0.25, -0.2) is 0 Å². The van der Waals surface area contributed by atoms with Crippen molar-refractivity contribution in [2.75, 3.05) is 17.4 Å². The third-order valence-corrected chi connectivity index (χ3v) is 5.28. The number of anilines is 1. The monoisotopic (exact) mass is 520 g/mol. The number of carboxylic acids is 2. The fraction of sp³-hybridized carbons (Fsp3) is 0.353. The van der Waals surface area contributed by atoms with Gasteiger partial charge in [-0.15, -0.1) is 0 Å². The first-order valence-corrected chi connectivity index (χ1v) is 10.5. The summed E-state index contributed by atoms with van der Waals surface area (Å²) in [5, 5.41) is 31.4. The zero-order valence-electron chi connectivity index (χ0n) is 16.0. The molecule has 0 aliphatic rings. The van der Waals surface area contributed by atoms with Crippen molar-refractivity contribution in [3.8, 4) is 0 Å². The van der Waals surface area contributed by atoms with Crippen molar-refractivity contribution in [2.45, 2.75) is 24.9 Å². The summed E-state index contributed by atoms with van der Waals surface area (Å²) in [5.74, 6) is -4.52. The number of carbonyl (C=O) groups is 5. The molecule has 1 aromatic rings. The molecular formula is C17H21BrN4O8S. The molecule has 2 atom stereocenters. The molecule has 0 spiro atoms. The highest BCUT2D eigenvalue weighted by molar-refractivity contribution is 9.10. The van der Waals surface area contributed by atoms with E-state index in [0.717, 1.165) is 0 Å². The lowest BCUT2D eigenvalue weighted by Crippen LogP contribution is -2.50. The van der Waals surface area contributed by atoms with Gasteiger partial charge < -0.3 is 26.6 Å². The molecule has 0 heterocycles. The zero-order chi connectivity index (χ0) is 23.6. The zero-order valence-corrected chi connectivity index (χ0v) is 18.4. The first-order valence-electron chi connectivity index (χ1n) is 8.70. The summed E-state index contributed by atoms with van der Waals surface area (Å²) in [6.45, 7) is -0.712. The van der Waals surface area contributed by atoms with Gasteiger partial charge in [-0.2, -0.15) is 5.06 Å². The Balaban J connectivity index is 2.76. The Hall–Kier alpha value is -2.68. The van der Waals surface area contributed by atoms with Gasteiger partial charge in [0.2, 0.25) is 11.8 Å². The summed E-state index contributed by atoms with van der Waals surface area (Å²) in [4.78, 5) is 57.9. The fourth-order valence-corrected chi connectivity index (χ4v) is 3.30. The molecule has 170 valence electrons. The second-order valence-electron chi connectivity index (χ2n) is 6.06. The number of benzene rings is 1. The van der Waals surface area contributed by atoms with Crippen LogP contribution < -0.4 is 21.4 Å². The molecule has 3 amide bonds. The molecule has 0 saturated carbocycles. The minimum absolute atomic E-state index is 0.151. The van der Waals surface area contributed by atoms with Gasteiger partial charge in [-0.1, -0.05) is 23.9 Å². The second kappa shape index (κ2) is 12.9. The van der Waals surface area contributed by atoms with Crippen molar-refractivity contribution in [1.29, 1.82) is 0 Å². The SMILES string of the molecule is NC(CCC(=O)NC(CSC(=O)N(O)c1ccccc1Br)C(=O)NCC(=O)O)C(=O)O. The van der Waals surface area contributed by atoms with E-state index >= 15 is 0 Å². The highest BCUT2D eigenvalue weighted by atomic mass is 79.9. The maximum atomic E-state index is 12.3. The van der Waals surface area contributed by atoms with Crippen LogP contribution in [0.4, 0.5) is 10.5 Å². The third kappa shape index (κ3) is 9.33. The van der Waals surface area contributed by atoms with Crippen LogP contribution in [-0.4, -0.2) is 68.8 Å². The fourth-order valence-electron chi connectivity index (χ4n) is 2.08. The number of hydroxylamine groups is 1. The molecule has 2 unspecified atom stereocenters. The Morgan fingerprint density at radius 2 is 1.81 bits per heavy atom. The molecule has 0 saturated heterocycles. The normalized spacial score (nSPS) is 12.4. The van der Waals surface area contributed by atoms with E-state index in [9.17, 15) is 29.2 Å². The van der Waals surface area contributed by atoms with Gasteiger partial charge in [0.05, 0.1) is 5.69 Å². The van der Waals surface area contributed by atoms with E-state index in [4.69, 9.17) is 15.9 Å². The summed E-state index contributed by atoms with van der Waals surface area (Å²) in [5.41, 5.74) is 5.48. The minimum Gasteiger partial charge on any atom is -0.480 e. The number of hydrogen-bond donors (Lipinski definition) is 6. The van der Waals surface area contributed by atoms with Crippen LogP contribution in [0.3, 0.4) is 0 Å². The van der Waals surface area contributed by atoms with Gasteiger partial charge in [-0.3, -0.25) is 29.2 Å². The molecule has 1 aromatic carbocycles. The van der Waals surface area contributed by atoms with Gasteiger partial charge in [0.1, 0.15) is 18.6 Å². The van der Waals surface area contributed by atoms with Crippen molar-refractivity contribution >= 4 is 62.4 Å². The number of carboxylic acid groups (broad SMARTS) is 2. The van der Waals surface area contributed by atoms with Crippen molar-refractivity contribution in [1.82, 2.24) is 10.6 Å². The van der Waals surface area contributed by atoms with E-state index in [0.29, 0.717) is 21.3 Å². The topological polar surface area (TPSA) is 199 Å². The number of para-hydroxylation sites is 1. The van der Waals surface area contributed by atoms with Crippen molar-refractivity contribution in [2.24, 2.45) is 5.73 Å². The Kier molecular flexibility index (Phi) is 11.0. The number of nitrogens with two attached hydrogens (primary N) is 1. The quantitative estimate of drug-likeness (QED) is 0.175. The van der Waals surface area contributed by atoms with E-state index < -0.39 is 47.6 Å². The molecule has 0 aliphatic carbocycles. The molecule has 0 radical (unpaired) electrons. The maximum absolute atomic E-state index is 12.3. The molecular weight excluding hydrogens is 500 g/mol. The summed E-state index contributed by atoms with van der Waals surface area (Å²) in [6.07, 6.45) is -0.499. The van der Waals surface area contributed by atoms with Gasteiger partial charge in [0.25, 0.3) is 0 Å². The molecule has 1 rings (SSSR count). The molecule has 7 N–H and O–H groups in total. The van der Waals surface area contributed by atoms with E-state index in [2.05, 4.69) is 26.6 Å². The Bertz CT molecular complexity index is 840. The first kappa shape index (κ1) is 26.4. The molecule has 14 heteroatoms. The molecule has 0 fully saturated rings. The summed E-state index contributed by atoms with van der Waals surface area (Å²) in [7, 11) is 0. The van der Waals surface area contributed by atoms with Gasteiger partial charge in [0, 0.05) is 16.6 Å². The molecule has 31 heavy (non-hydrogen) atoms. The highest BCUT2D eigenvalue weighted by Gasteiger charge is 2.25. The van der Waals surface area contributed by atoms with Gasteiger partial charge >= 0.3 is 17.2 Å². The largest absolute Gasteiger partial charge is 0.480 e. The Morgan fingerprint density at radius 3 is 2.39 bits per heavy atom. The Labute approximate surface area is 189 Å². The van der Waals surface area contributed by atoms with Crippen molar-refractivity contribution in [3.63, 3.8) is 0 Å². The lowest BCUT2D eigenvalue weighted by molar-refractivity contribution is -0.139. The molecule has 12 nitrogen and oxygen atoms in total. The standard InChI is InChI=1S/C17H21BrN4O8S/c18-9-3-1-2-4-12(9)22(30)17(29)31-8-11(15(26)20-7-14(24)25)21-13(23)6-5-10(19)16(27)28/h1-4,10-11,30H,5-8,19H2,(H,20,26)(H,21,23)(H,24,25)(H,27,28). The summed E-state index contributed by atoms with van der Waals surface area (Å²) < 4.78 is 0.435. The summed E-state index contributed by atoms with van der Waals surface area (Å²) in [6, 6.07) is 3.73. The van der Waals surface area contributed by atoms with Crippen LogP contribution >= 0.6 is 27.7 Å².